The number of hydrogen-bond acceptors (Lipinski definition) is 4. The molecule has 1 saturated carbocycles. The minimum atomic E-state index is -0.699. The summed E-state index contributed by atoms with van der Waals surface area (Å²) < 4.78 is 32.2. The predicted molar refractivity (Wildman–Crippen MR) is 65.8 cm³/mol. The Hall–Kier alpha value is -1.43. The zero-order chi connectivity index (χ0) is 13.1. The van der Waals surface area contributed by atoms with Crippen LogP contribution in [0.1, 0.15) is 19.3 Å². The van der Waals surface area contributed by atoms with Crippen molar-refractivity contribution in [2.24, 2.45) is 0 Å². The standard InChI is InChI=1S/C12H17F2N3O/c1-15-11-7(13)6-8(14)12(17-11)16-9-4-3-5-10(9)18-2/h6,9-10H,3-5H2,1-2H3,(H2,15,16,17). The lowest BCUT2D eigenvalue weighted by Crippen LogP contribution is -2.30. The molecule has 0 aromatic carbocycles. The Bertz CT molecular complexity index is 428. The molecule has 0 bridgehead atoms. The number of ether oxygens (including phenoxy) is 1. The molecule has 1 heterocycles. The topological polar surface area (TPSA) is 46.2 Å². The summed E-state index contributed by atoms with van der Waals surface area (Å²) in [5, 5.41) is 5.58. The van der Waals surface area contributed by atoms with E-state index in [-0.39, 0.29) is 23.8 Å². The average Bonchev–Trinajstić information content (AvgIpc) is 2.79. The van der Waals surface area contributed by atoms with Gasteiger partial charge in [0.15, 0.2) is 23.3 Å². The van der Waals surface area contributed by atoms with Gasteiger partial charge in [0.1, 0.15) is 0 Å². The van der Waals surface area contributed by atoms with Crippen molar-refractivity contribution in [2.45, 2.75) is 31.4 Å². The fourth-order valence-electron chi connectivity index (χ4n) is 2.29. The predicted octanol–water partition coefficient (Wildman–Crippen LogP) is 2.38. The number of nitrogens with one attached hydrogen (secondary N) is 2. The summed E-state index contributed by atoms with van der Waals surface area (Å²) in [5.74, 6) is -1.29. The third kappa shape index (κ3) is 2.53. The van der Waals surface area contributed by atoms with Crippen LogP contribution in [0.15, 0.2) is 6.07 Å². The number of aromatic nitrogens is 1. The van der Waals surface area contributed by atoms with E-state index in [2.05, 4.69) is 15.6 Å². The van der Waals surface area contributed by atoms with Gasteiger partial charge in [-0.15, -0.1) is 0 Å². The quantitative estimate of drug-likeness (QED) is 0.869. The first-order chi connectivity index (χ1) is 8.65. The van der Waals surface area contributed by atoms with Crippen LogP contribution in [-0.2, 0) is 4.74 Å². The Labute approximate surface area is 105 Å². The van der Waals surface area contributed by atoms with Crippen molar-refractivity contribution in [3.63, 3.8) is 0 Å². The second-order valence-corrected chi connectivity index (χ2v) is 4.36. The second kappa shape index (κ2) is 5.48. The van der Waals surface area contributed by atoms with Gasteiger partial charge in [-0.3, -0.25) is 0 Å². The van der Waals surface area contributed by atoms with E-state index in [9.17, 15) is 8.78 Å². The summed E-state index contributed by atoms with van der Waals surface area (Å²) in [4.78, 5) is 3.89. The highest BCUT2D eigenvalue weighted by Gasteiger charge is 2.28. The molecule has 2 atom stereocenters. The zero-order valence-electron chi connectivity index (χ0n) is 10.5. The van der Waals surface area contributed by atoms with E-state index in [0.717, 1.165) is 25.3 Å². The molecular weight excluding hydrogens is 240 g/mol. The van der Waals surface area contributed by atoms with Gasteiger partial charge in [0.25, 0.3) is 0 Å². The smallest absolute Gasteiger partial charge is 0.168 e. The Kier molecular flexibility index (Phi) is 3.96. The molecule has 1 fully saturated rings. The maximum Gasteiger partial charge on any atom is 0.168 e. The maximum absolute atomic E-state index is 13.6. The molecule has 100 valence electrons. The van der Waals surface area contributed by atoms with Crippen LogP contribution >= 0.6 is 0 Å². The van der Waals surface area contributed by atoms with Crippen molar-refractivity contribution < 1.29 is 13.5 Å². The number of anilines is 2. The molecule has 0 spiro atoms. The van der Waals surface area contributed by atoms with E-state index in [4.69, 9.17) is 4.74 Å². The lowest BCUT2D eigenvalue weighted by atomic mass is 10.2. The van der Waals surface area contributed by atoms with Gasteiger partial charge >= 0.3 is 0 Å². The van der Waals surface area contributed by atoms with Crippen molar-refractivity contribution in [2.75, 3.05) is 24.8 Å². The summed E-state index contributed by atoms with van der Waals surface area (Å²) in [6.07, 6.45) is 2.91. The molecule has 6 heteroatoms. The molecular formula is C12H17F2N3O. The van der Waals surface area contributed by atoms with Gasteiger partial charge in [-0.25, -0.2) is 13.8 Å². The molecule has 0 amide bonds. The van der Waals surface area contributed by atoms with Crippen molar-refractivity contribution in [3.05, 3.63) is 17.7 Å². The monoisotopic (exact) mass is 257 g/mol. The molecule has 0 aliphatic heterocycles. The largest absolute Gasteiger partial charge is 0.379 e. The van der Waals surface area contributed by atoms with Crippen molar-refractivity contribution in [1.29, 1.82) is 0 Å². The highest BCUT2D eigenvalue weighted by atomic mass is 19.1. The van der Waals surface area contributed by atoms with Crippen LogP contribution in [0.5, 0.6) is 0 Å². The maximum atomic E-state index is 13.6. The van der Waals surface area contributed by atoms with Gasteiger partial charge < -0.3 is 15.4 Å². The normalized spacial score (nSPS) is 23.1. The van der Waals surface area contributed by atoms with Gasteiger partial charge in [-0.05, 0) is 19.3 Å². The second-order valence-electron chi connectivity index (χ2n) is 4.36. The number of nitrogens with zero attached hydrogens (tertiary/aromatic N) is 1. The van der Waals surface area contributed by atoms with Crippen LogP contribution in [0.3, 0.4) is 0 Å². The lowest BCUT2D eigenvalue weighted by Gasteiger charge is -2.20. The van der Waals surface area contributed by atoms with Gasteiger partial charge in [0.2, 0.25) is 0 Å². The van der Waals surface area contributed by atoms with Crippen LogP contribution in [0.2, 0.25) is 0 Å². The lowest BCUT2D eigenvalue weighted by molar-refractivity contribution is 0.101. The number of halogens is 2. The first-order valence-corrected chi connectivity index (χ1v) is 5.98. The highest BCUT2D eigenvalue weighted by molar-refractivity contribution is 5.48. The molecule has 2 unspecified atom stereocenters. The van der Waals surface area contributed by atoms with Gasteiger partial charge in [-0.1, -0.05) is 0 Å². The van der Waals surface area contributed by atoms with E-state index >= 15 is 0 Å². The third-order valence-corrected chi connectivity index (χ3v) is 3.24. The Balaban J connectivity index is 2.18. The number of rotatable bonds is 4. The minimum absolute atomic E-state index is 0.0205. The first kappa shape index (κ1) is 13.0. The number of hydrogen-bond donors (Lipinski definition) is 2. The van der Waals surface area contributed by atoms with E-state index in [1.165, 1.54) is 0 Å². The van der Waals surface area contributed by atoms with E-state index < -0.39 is 11.6 Å². The molecule has 1 aliphatic rings. The Morgan fingerprint density at radius 2 is 2.00 bits per heavy atom. The van der Waals surface area contributed by atoms with Gasteiger partial charge in [0, 0.05) is 20.2 Å². The number of methoxy groups -OCH3 is 1. The van der Waals surface area contributed by atoms with Crippen LogP contribution in [0.4, 0.5) is 20.4 Å². The summed E-state index contributed by atoms with van der Waals surface area (Å²) in [6.45, 7) is 0. The van der Waals surface area contributed by atoms with Gasteiger partial charge in [0.05, 0.1) is 12.1 Å². The molecule has 1 aliphatic carbocycles. The fraction of sp³-hybridized carbons (Fsp3) is 0.583. The summed E-state index contributed by atoms with van der Waals surface area (Å²) in [6, 6.07) is 0.852. The minimum Gasteiger partial charge on any atom is -0.379 e. The first-order valence-electron chi connectivity index (χ1n) is 5.98. The molecule has 1 aromatic heterocycles. The summed E-state index contributed by atoms with van der Waals surface area (Å²) in [5.41, 5.74) is 0. The molecule has 1 aromatic rings. The molecule has 4 nitrogen and oxygen atoms in total. The number of pyridine rings is 1. The fourth-order valence-corrected chi connectivity index (χ4v) is 2.29. The van der Waals surface area contributed by atoms with Gasteiger partial charge in [-0.2, -0.15) is 0 Å². The molecule has 18 heavy (non-hydrogen) atoms. The van der Waals surface area contributed by atoms with Crippen LogP contribution in [-0.4, -0.2) is 31.3 Å². The van der Waals surface area contributed by atoms with Crippen molar-refractivity contribution in [1.82, 2.24) is 4.98 Å². The summed E-state index contributed by atoms with van der Waals surface area (Å²) in [7, 11) is 3.18. The van der Waals surface area contributed by atoms with Crippen molar-refractivity contribution in [3.8, 4) is 0 Å². The SMILES string of the molecule is CNc1nc(NC2CCCC2OC)c(F)cc1F. The molecule has 0 radical (unpaired) electrons. The average molecular weight is 257 g/mol. The van der Waals surface area contributed by atoms with Crippen molar-refractivity contribution >= 4 is 11.6 Å². The third-order valence-electron chi connectivity index (χ3n) is 3.24. The molecule has 0 saturated heterocycles. The molecule has 2 rings (SSSR count). The van der Waals surface area contributed by atoms with E-state index in [1.807, 2.05) is 0 Å². The Morgan fingerprint density at radius 3 is 2.67 bits per heavy atom. The van der Waals surface area contributed by atoms with E-state index in [0.29, 0.717) is 0 Å². The molecule has 2 N–H and O–H groups in total. The van der Waals surface area contributed by atoms with Crippen LogP contribution < -0.4 is 10.6 Å². The van der Waals surface area contributed by atoms with E-state index in [1.54, 1.807) is 14.2 Å². The van der Waals surface area contributed by atoms with Crippen LogP contribution in [0.25, 0.3) is 0 Å². The Morgan fingerprint density at radius 1 is 1.28 bits per heavy atom. The highest BCUT2D eigenvalue weighted by Crippen LogP contribution is 2.26. The zero-order valence-corrected chi connectivity index (χ0v) is 10.5. The van der Waals surface area contributed by atoms with Crippen LogP contribution in [0, 0.1) is 11.6 Å². The summed E-state index contributed by atoms with van der Waals surface area (Å²) >= 11 is 0.